The Bertz CT molecular complexity index is 425. The van der Waals surface area contributed by atoms with Crippen molar-refractivity contribution in [3.63, 3.8) is 0 Å². The van der Waals surface area contributed by atoms with Gasteiger partial charge in [-0.1, -0.05) is 42.0 Å². The maximum atomic E-state index is 12.2. The van der Waals surface area contributed by atoms with Crippen LogP contribution in [0.1, 0.15) is 24.9 Å². The predicted octanol–water partition coefficient (Wildman–Crippen LogP) is 1.87. The summed E-state index contributed by atoms with van der Waals surface area (Å²) in [7, 11) is 0. The van der Waals surface area contributed by atoms with Crippen molar-refractivity contribution >= 4 is 5.91 Å². The summed E-state index contributed by atoms with van der Waals surface area (Å²) < 4.78 is 0. The van der Waals surface area contributed by atoms with Crippen LogP contribution >= 0.6 is 0 Å². The molecule has 0 aliphatic carbocycles. The first kappa shape index (κ1) is 11.9. The van der Waals surface area contributed by atoms with Crippen LogP contribution in [0.15, 0.2) is 42.0 Å². The van der Waals surface area contributed by atoms with Crippen LogP contribution in [0.25, 0.3) is 0 Å². The van der Waals surface area contributed by atoms with E-state index in [0.29, 0.717) is 6.54 Å². The lowest BCUT2D eigenvalue weighted by molar-refractivity contribution is -0.132. The van der Waals surface area contributed by atoms with E-state index in [2.05, 4.69) is 13.0 Å². The number of benzene rings is 1. The van der Waals surface area contributed by atoms with Gasteiger partial charge in [-0.3, -0.25) is 4.79 Å². The van der Waals surface area contributed by atoms with Crippen molar-refractivity contribution in [3.8, 4) is 0 Å². The molecule has 0 aromatic heterocycles. The number of nitrogens with two attached hydrogens (primary N) is 1. The van der Waals surface area contributed by atoms with E-state index in [0.717, 1.165) is 18.5 Å². The van der Waals surface area contributed by atoms with Gasteiger partial charge in [0.05, 0.1) is 0 Å². The molecule has 0 bridgehead atoms. The number of amides is 1. The van der Waals surface area contributed by atoms with E-state index in [9.17, 15) is 4.79 Å². The van der Waals surface area contributed by atoms with Crippen LogP contribution in [-0.2, 0) is 4.79 Å². The molecule has 1 unspecified atom stereocenters. The second-order valence-corrected chi connectivity index (χ2v) is 4.47. The number of hydrogen-bond acceptors (Lipinski definition) is 2. The SMILES string of the molecule is CC1=CCN(C(=O)C(N)c2ccccc2)CC1. The van der Waals surface area contributed by atoms with Gasteiger partial charge in [0.15, 0.2) is 0 Å². The summed E-state index contributed by atoms with van der Waals surface area (Å²) in [5.74, 6) is 0.0138. The molecule has 3 nitrogen and oxygen atoms in total. The van der Waals surface area contributed by atoms with Gasteiger partial charge in [-0.15, -0.1) is 0 Å². The van der Waals surface area contributed by atoms with E-state index >= 15 is 0 Å². The lowest BCUT2D eigenvalue weighted by Gasteiger charge is -2.28. The normalized spacial score (nSPS) is 17.5. The Morgan fingerprint density at radius 3 is 2.65 bits per heavy atom. The van der Waals surface area contributed by atoms with E-state index < -0.39 is 6.04 Å². The molecule has 17 heavy (non-hydrogen) atoms. The first-order chi connectivity index (χ1) is 8.18. The molecule has 3 heteroatoms. The van der Waals surface area contributed by atoms with Crippen molar-refractivity contribution in [2.45, 2.75) is 19.4 Å². The molecule has 0 saturated heterocycles. The number of rotatable bonds is 2. The van der Waals surface area contributed by atoms with Crippen molar-refractivity contribution in [3.05, 3.63) is 47.5 Å². The van der Waals surface area contributed by atoms with Gasteiger partial charge in [-0.25, -0.2) is 0 Å². The molecule has 1 aliphatic heterocycles. The van der Waals surface area contributed by atoms with E-state index in [4.69, 9.17) is 5.73 Å². The highest BCUT2D eigenvalue weighted by Crippen LogP contribution is 2.16. The van der Waals surface area contributed by atoms with Crippen molar-refractivity contribution in [1.82, 2.24) is 4.90 Å². The molecular weight excluding hydrogens is 212 g/mol. The third-order valence-corrected chi connectivity index (χ3v) is 3.17. The second kappa shape index (κ2) is 5.15. The lowest BCUT2D eigenvalue weighted by atomic mass is 10.0. The zero-order valence-electron chi connectivity index (χ0n) is 10.1. The molecule has 1 aromatic rings. The van der Waals surface area contributed by atoms with Crippen LogP contribution in [0.2, 0.25) is 0 Å². The summed E-state index contributed by atoms with van der Waals surface area (Å²) in [5, 5.41) is 0. The molecule has 1 atom stereocenters. The van der Waals surface area contributed by atoms with Gasteiger partial charge in [-0.2, -0.15) is 0 Å². The molecule has 1 aliphatic rings. The first-order valence-corrected chi connectivity index (χ1v) is 5.93. The van der Waals surface area contributed by atoms with Crippen LogP contribution in [0, 0.1) is 0 Å². The average molecular weight is 230 g/mol. The van der Waals surface area contributed by atoms with Gasteiger partial charge >= 0.3 is 0 Å². The Balaban J connectivity index is 2.06. The van der Waals surface area contributed by atoms with E-state index in [1.807, 2.05) is 35.2 Å². The standard InChI is InChI=1S/C14H18N2O/c1-11-7-9-16(10-8-11)14(17)13(15)12-5-3-2-4-6-12/h2-7,13H,8-10,15H2,1H3. The van der Waals surface area contributed by atoms with Crippen LogP contribution in [0.5, 0.6) is 0 Å². The summed E-state index contributed by atoms with van der Waals surface area (Å²) >= 11 is 0. The Kier molecular flexibility index (Phi) is 3.59. The van der Waals surface area contributed by atoms with Crippen LogP contribution < -0.4 is 5.73 Å². The number of carbonyl (C=O) groups excluding carboxylic acids is 1. The van der Waals surface area contributed by atoms with Crippen molar-refractivity contribution < 1.29 is 4.79 Å². The van der Waals surface area contributed by atoms with E-state index in [1.165, 1.54) is 5.57 Å². The highest BCUT2D eigenvalue weighted by Gasteiger charge is 2.22. The van der Waals surface area contributed by atoms with Gasteiger partial charge in [0.25, 0.3) is 0 Å². The molecule has 0 fully saturated rings. The fourth-order valence-corrected chi connectivity index (χ4v) is 1.97. The monoisotopic (exact) mass is 230 g/mol. The molecule has 2 N–H and O–H groups in total. The summed E-state index contributed by atoms with van der Waals surface area (Å²) in [6, 6.07) is 8.99. The summed E-state index contributed by atoms with van der Waals surface area (Å²) in [6.07, 6.45) is 3.05. The Labute approximate surface area is 102 Å². The van der Waals surface area contributed by atoms with Crippen LogP contribution in [0.4, 0.5) is 0 Å². The highest BCUT2D eigenvalue weighted by molar-refractivity contribution is 5.83. The molecule has 1 aromatic carbocycles. The minimum atomic E-state index is -0.539. The van der Waals surface area contributed by atoms with Crippen molar-refractivity contribution in [2.75, 3.05) is 13.1 Å². The lowest BCUT2D eigenvalue weighted by Crippen LogP contribution is -2.40. The van der Waals surface area contributed by atoms with Gasteiger partial charge < -0.3 is 10.6 Å². The topological polar surface area (TPSA) is 46.3 Å². The smallest absolute Gasteiger partial charge is 0.244 e. The van der Waals surface area contributed by atoms with Crippen molar-refractivity contribution in [2.24, 2.45) is 5.73 Å². The minimum absolute atomic E-state index is 0.0138. The minimum Gasteiger partial charge on any atom is -0.337 e. The average Bonchev–Trinajstić information content (AvgIpc) is 2.39. The Morgan fingerprint density at radius 2 is 2.06 bits per heavy atom. The molecule has 0 saturated carbocycles. The zero-order chi connectivity index (χ0) is 12.3. The molecular formula is C14H18N2O. The maximum Gasteiger partial charge on any atom is 0.244 e. The quantitative estimate of drug-likeness (QED) is 0.788. The van der Waals surface area contributed by atoms with Crippen LogP contribution in [0.3, 0.4) is 0 Å². The summed E-state index contributed by atoms with van der Waals surface area (Å²) in [5.41, 5.74) is 8.22. The van der Waals surface area contributed by atoms with Gasteiger partial charge in [0.2, 0.25) is 5.91 Å². The molecule has 2 rings (SSSR count). The summed E-state index contributed by atoms with van der Waals surface area (Å²) in [6.45, 7) is 3.56. The third kappa shape index (κ3) is 2.74. The van der Waals surface area contributed by atoms with Gasteiger partial charge in [0, 0.05) is 13.1 Å². The van der Waals surface area contributed by atoms with Gasteiger partial charge in [-0.05, 0) is 18.9 Å². The zero-order valence-corrected chi connectivity index (χ0v) is 10.1. The number of nitrogens with zero attached hydrogens (tertiary/aromatic N) is 1. The molecule has 1 amide bonds. The van der Waals surface area contributed by atoms with Crippen molar-refractivity contribution in [1.29, 1.82) is 0 Å². The highest BCUT2D eigenvalue weighted by atomic mass is 16.2. The van der Waals surface area contributed by atoms with E-state index in [1.54, 1.807) is 0 Å². The number of hydrogen-bond donors (Lipinski definition) is 1. The fraction of sp³-hybridized carbons (Fsp3) is 0.357. The molecule has 90 valence electrons. The third-order valence-electron chi connectivity index (χ3n) is 3.17. The Morgan fingerprint density at radius 1 is 1.35 bits per heavy atom. The maximum absolute atomic E-state index is 12.2. The molecule has 0 radical (unpaired) electrons. The predicted molar refractivity (Wildman–Crippen MR) is 68.3 cm³/mol. The second-order valence-electron chi connectivity index (χ2n) is 4.47. The largest absolute Gasteiger partial charge is 0.337 e. The number of carbonyl (C=O) groups is 1. The van der Waals surface area contributed by atoms with Crippen LogP contribution in [-0.4, -0.2) is 23.9 Å². The molecule has 0 spiro atoms. The summed E-state index contributed by atoms with van der Waals surface area (Å²) in [4.78, 5) is 14.0. The molecule has 1 heterocycles. The first-order valence-electron chi connectivity index (χ1n) is 5.93. The fourth-order valence-electron chi connectivity index (χ4n) is 1.97. The Hall–Kier alpha value is -1.61. The van der Waals surface area contributed by atoms with Gasteiger partial charge in [0.1, 0.15) is 6.04 Å². The van der Waals surface area contributed by atoms with E-state index in [-0.39, 0.29) is 5.91 Å².